The highest BCUT2D eigenvalue weighted by atomic mass is 19.1. The van der Waals surface area contributed by atoms with E-state index in [2.05, 4.69) is 22.0 Å². The maximum atomic E-state index is 13.5. The molecule has 0 amide bonds. The Labute approximate surface area is 173 Å². The Kier molecular flexibility index (Phi) is 4.52. The van der Waals surface area contributed by atoms with E-state index in [-0.39, 0.29) is 11.9 Å². The fourth-order valence-corrected chi connectivity index (χ4v) is 3.86. The smallest absolute Gasteiger partial charge is 0.196 e. The van der Waals surface area contributed by atoms with Crippen molar-refractivity contribution in [3.8, 4) is 11.3 Å². The predicted octanol–water partition coefficient (Wildman–Crippen LogP) is 4.53. The van der Waals surface area contributed by atoms with Gasteiger partial charge in [-0.3, -0.25) is 0 Å². The van der Waals surface area contributed by atoms with E-state index < -0.39 is 0 Å². The normalized spacial score (nSPS) is 16.1. The molecule has 0 aliphatic carbocycles. The molecule has 5 nitrogen and oxygen atoms in total. The molecule has 30 heavy (non-hydrogen) atoms. The molecule has 0 radical (unpaired) electrons. The van der Waals surface area contributed by atoms with Gasteiger partial charge in [-0.25, -0.2) is 13.9 Å². The summed E-state index contributed by atoms with van der Waals surface area (Å²) >= 11 is 0. The largest absolute Gasteiger partial charge is 0.369 e. The summed E-state index contributed by atoms with van der Waals surface area (Å²) in [6.07, 6.45) is 5.68. The Balaban J connectivity index is 1.66. The lowest BCUT2D eigenvalue weighted by molar-refractivity contribution is 0.350. The Morgan fingerprint density at radius 1 is 0.933 bits per heavy atom. The van der Waals surface area contributed by atoms with Crippen LogP contribution >= 0.6 is 0 Å². The van der Waals surface area contributed by atoms with E-state index >= 15 is 0 Å². The molecule has 148 valence electrons. The molecule has 0 fully saturated rings. The van der Waals surface area contributed by atoms with Crippen LogP contribution in [0.4, 0.5) is 4.39 Å². The molecule has 2 aromatic heterocycles. The van der Waals surface area contributed by atoms with Gasteiger partial charge in [-0.1, -0.05) is 36.4 Å². The Hall–Kier alpha value is -3.93. The zero-order valence-corrected chi connectivity index (χ0v) is 16.2. The van der Waals surface area contributed by atoms with Crippen molar-refractivity contribution >= 4 is 11.5 Å². The fourth-order valence-electron chi connectivity index (χ4n) is 3.86. The molecule has 0 saturated carbocycles. The zero-order chi connectivity index (χ0) is 20.5. The monoisotopic (exact) mass is 397 g/mol. The van der Waals surface area contributed by atoms with Crippen molar-refractivity contribution in [2.75, 3.05) is 0 Å². The SMILES string of the molecule is NC1=NC=CC(c2c(-c3ccc(F)cc3)nn3ccccc23)N1Cc1ccccc1. The number of guanidine groups is 1. The van der Waals surface area contributed by atoms with Crippen LogP contribution in [0.15, 0.2) is 96.3 Å². The third-order valence-corrected chi connectivity index (χ3v) is 5.29. The van der Waals surface area contributed by atoms with E-state index in [1.165, 1.54) is 12.1 Å². The fraction of sp³-hybridized carbons (Fsp3) is 0.0833. The molecule has 0 bridgehead atoms. The third-order valence-electron chi connectivity index (χ3n) is 5.29. The molecule has 4 aromatic rings. The molecule has 6 heteroatoms. The lowest BCUT2D eigenvalue weighted by atomic mass is 9.98. The summed E-state index contributed by atoms with van der Waals surface area (Å²) in [4.78, 5) is 6.39. The van der Waals surface area contributed by atoms with Crippen molar-refractivity contribution in [3.63, 3.8) is 0 Å². The predicted molar refractivity (Wildman–Crippen MR) is 116 cm³/mol. The number of nitrogens with zero attached hydrogens (tertiary/aromatic N) is 4. The van der Waals surface area contributed by atoms with Crippen LogP contribution in [0.1, 0.15) is 17.2 Å². The first-order chi connectivity index (χ1) is 14.7. The van der Waals surface area contributed by atoms with Crippen molar-refractivity contribution < 1.29 is 4.39 Å². The molecule has 3 heterocycles. The van der Waals surface area contributed by atoms with Gasteiger partial charge in [-0.05, 0) is 48.0 Å². The Morgan fingerprint density at radius 2 is 1.70 bits per heavy atom. The van der Waals surface area contributed by atoms with Crippen LogP contribution in [0.3, 0.4) is 0 Å². The molecule has 1 unspecified atom stereocenters. The Morgan fingerprint density at radius 3 is 2.50 bits per heavy atom. The summed E-state index contributed by atoms with van der Waals surface area (Å²) < 4.78 is 15.4. The van der Waals surface area contributed by atoms with Crippen LogP contribution in [0.5, 0.6) is 0 Å². The van der Waals surface area contributed by atoms with Gasteiger partial charge in [0.15, 0.2) is 5.96 Å². The van der Waals surface area contributed by atoms with Crippen LogP contribution in [0.25, 0.3) is 16.8 Å². The zero-order valence-electron chi connectivity index (χ0n) is 16.2. The molecule has 1 aliphatic heterocycles. The minimum Gasteiger partial charge on any atom is -0.369 e. The molecule has 2 N–H and O–H groups in total. The Bertz CT molecular complexity index is 1240. The number of fused-ring (bicyclic) bond motifs is 1. The van der Waals surface area contributed by atoms with Crippen LogP contribution in [0.2, 0.25) is 0 Å². The van der Waals surface area contributed by atoms with E-state index in [1.54, 1.807) is 18.3 Å². The molecule has 1 atom stereocenters. The third kappa shape index (κ3) is 3.22. The van der Waals surface area contributed by atoms with Crippen molar-refractivity contribution in [1.29, 1.82) is 0 Å². The second-order valence-electron chi connectivity index (χ2n) is 7.19. The van der Waals surface area contributed by atoms with E-state index in [4.69, 9.17) is 10.8 Å². The summed E-state index contributed by atoms with van der Waals surface area (Å²) in [5.41, 5.74) is 11.1. The summed E-state index contributed by atoms with van der Waals surface area (Å²) in [6, 6.07) is 22.4. The second kappa shape index (κ2) is 7.48. The second-order valence-corrected chi connectivity index (χ2v) is 7.19. The van der Waals surface area contributed by atoms with Gasteiger partial charge < -0.3 is 10.6 Å². The van der Waals surface area contributed by atoms with Gasteiger partial charge in [0.1, 0.15) is 5.82 Å². The van der Waals surface area contributed by atoms with Crippen LogP contribution in [-0.2, 0) is 6.54 Å². The molecule has 2 aromatic carbocycles. The average Bonchev–Trinajstić information content (AvgIpc) is 3.16. The van der Waals surface area contributed by atoms with Gasteiger partial charge in [0.2, 0.25) is 0 Å². The molecule has 0 spiro atoms. The molecule has 0 saturated heterocycles. The van der Waals surface area contributed by atoms with Gasteiger partial charge in [0.25, 0.3) is 0 Å². The number of pyridine rings is 1. The number of aromatic nitrogens is 2. The number of aliphatic imine (C=N–C) groups is 1. The number of benzene rings is 2. The van der Waals surface area contributed by atoms with Gasteiger partial charge in [0, 0.05) is 30.1 Å². The van der Waals surface area contributed by atoms with E-state index in [0.29, 0.717) is 12.5 Å². The minimum absolute atomic E-state index is 0.164. The summed E-state index contributed by atoms with van der Waals surface area (Å²) in [5.74, 6) is 0.176. The van der Waals surface area contributed by atoms with Crippen molar-refractivity contribution in [1.82, 2.24) is 14.5 Å². The summed E-state index contributed by atoms with van der Waals surface area (Å²) in [6.45, 7) is 0.609. The maximum absolute atomic E-state index is 13.5. The van der Waals surface area contributed by atoms with Gasteiger partial charge in [0.05, 0.1) is 17.3 Å². The first-order valence-electron chi connectivity index (χ1n) is 9.74. The summed E-state index contributed by atoms with van der Waals surface area (Å²) in [7, 11) is 0. The van der Waals surface area contributed by atoms with Crippen molar-refractivity contribution in [2.24, 2.45) is 10.7 Å². The molecule has 1 aliphatic rings. The summed E-state index contributed by atoms with van der Waals surface area (Å²) in [5, 5.41) is 4.81. The first-order valence-corrected chi connectivity index (χ1v) is 9.74. The number of hydrogen-bond acceptors (Lipinski definition) is 4. The lowest BCUT2D eigenvalue weighted by Crippen LogP contribution is -2.40. The molecular formula is C24H20FN5. The van der Waals surface area contributed by atoms with E-state index in [1.807, 2.05) is 53.2 Å². The van der Waals surface area contributed by atoms with Crippen LogP contribution in [-0.4, -0.2) is 20.5 Å². The van der Waals surface area contributed by atoms with Gasteiger partial charge in [-0.15, -0.1) is 0 Å². The number of rotatable bonds is 4. The highest BCUT2D eigenvalue weighted by Gasteiger charge is 2.29. The van der Waals surface area contributed by atoms with Gasteiger partial charge in [-0.2, -0.15) is 5.10 Å². The maximum Gasteiger partial charge on any atom is 0.196 e. The number of hydrogen-bond donors (Lipinski definition) is 1. The quantitative estimate of drug-likeness (QED) is 0.551. The van der Waals surface area contributed by atoms with Crippen LogP contribution in [0, 0.1) is 5.82 Å². The number of nitrogens with two attached hydrogens (primary N) is 1. The molecule has 5 rings (SSSR count). The standard InChI is InChI=1S/C24H20FN5/c25-19-11-9-18(10-12-19)23-22(21-8-4-5-15-30(21)28-23)20-13-14-27-24(26)29(20)16-17-6-2-1-3-7-17/h1-15,20H,16H2,(H2,26,27). The topological polar surface area (TPSA) is 58.9 Å². The van der Waals surface area contributed by atoms with E-state index in [9.17, 15) is 4.39 Å². The highest BCUT2D eigenvalue weighted by Crippen LogP contribution is 2.37. The highest BCUT2D eigenvalue weighted by molar-refractivity contribution is 5.83. The van der Waals surface area contributed by atoms with E-state index in [0.717, 1.165) is 27.9 Å². The molecular weight excluding hydrogens is 377 g/mol. The van der Waals surface area contributed by atoms with Crippen molar-refractivity contribution in [2.45, 2.75) is 12.6 Å². The minimum atomic E-state index is -0.274. The number of halogens is 1. The average molecular weight is 397 g/mol. The first kappa shape index (κ1) is 18.1. The van der Waals surface area contributed by atoms with Crippen molar-refractivity contribution in [3.05, 3.63) is 108 Å². The van der Waals surface area contributed by atoms with Gasteiger partial charge >= 0.3 is 0 Å². The lowest BCUT2D eigenvalue weighted by Gasteiger charge is -2.33. The van der Waals surface area contributed by atoms with Crippen LogP contribution < -0.4 is 5.73 Å².